The van der Waals surface area contributed by atoms with Crippen LogP contribution in [0.1, 0.15) is 29.8 Å². The van der Waals surface area contributed by atoms with Gasteiger partial charge >= 0.3 is 0 Å². The van der Waals surface area contributed by atoms with Crippen molar-refractivity contribution in [2.75, 3.05) is 19.7 Å². The van der Waals surface area contributed by atoms with E-state index in [2.05, 4.69) is 10.1 Å². The second-order valence-corrected chi connectivity index (χ2v) is 6.81. The van der Waals surface area contributed by atoms with E-state index in [0.717, 1.165) is 25.8 Å². The Labute approximate surface area is 146 Å². The summed E-state index contributed by atoms with van der Waals surface area (Å²) in [4.78, 5) is 18.7. The summed E-state index contributed by atoms with van der Waals surface area (Å²) in [6, 6.07) is 7.37. The molecule has 0 aromatic carbocycles. The summed E-state index contributed by atoms with van der Waals surface area (Å²) in [5.41, 5.74) is 0.168. The molecule has 2 aliphatic heterocycles. The van der Waals surface area contributed by atoms with Gasteiger partial charge in [0.1, 0.15) is 11.8 Å². The lowest BCUT2D eigenvalue weighted by atomic mass is 9.89. The number of carbonyl (C=O) groups excluding carboxylic acids is 1. The number of amides is 1. The summed E-state index contributed by atoms with van der Waals surface area (Å²) >= 11 is 0. The lowest BCUT2D eigenvalue weighted by Crippen LogP contribution is -2.50. The number of piperidine rings is 1. The maximum absolute atomic E-state index is 12.7. The molecule has 0 radical (unpaired) electrons. The van der Waals surface area contributed by atoms with Gasteiger partial charge in [-0.05, 0) is 25.0 Å². The highest BCUT2D eigenvalue weighted by molar-refractivity contribution is 5.92. The van der Waals surface area contributed by atoms with Gasteiger partial charge in [0.15, 0.2) is 0 Å². The number of pyridine rings is 1. The molecule has 2 aliphatic rings. The van der Waals surface area contributed by atoms with Crippen molar-refractivity contribution >= 4 is 5.91 Å². The van der Waals surface area contributed by atoms with Gasteiger partial charge in [-0.25, -0.2) is 4.98 Å². The van der Waals surface area contributed by atoms with E-state index in [-0.39, 0.29) is 17.6 Å². The summed E-state index contributed by atoms with van der Waals surface area (Å²) in [5, 5.41) is 4.22. The van der Waals surface area contributed by atoms with Crippen molar-refractivity contribution in [3.8, 4) is 5.88 Å². The molecule has 0 N–H and O–H groups in total. The van der Waals surface area contributed by atoms with Crippen molar-refractivity contribution in [3.05, 3.63) is 42.4 Å². The van der Waals surface area contributed by atoms with Crippen LogP contribution in [0.5, 0.6) is 5.88 Å². The average Bonchev–Trinajstić information content (AvgIpc) is 3.22. The highest BCUT2D eigenvalue weighted by Gasteiger charge is 2.45. The molecular weight excluding hydrogens is 320 g/mol. The van der Waals surface area contributed by atoms with Crippen LogP contribution >= 0.6 is 0 Å². The van der Waals surface area contributed by atoms with Gasteiger partial charge < -0.3 is 14.4 Å². The predicted octanol–water partition coefficient (Wildman–Crippen LogP) is 1.66. The lowest BCUT2D eigenvalue weighted by Gasteiger charge is -2.39. The van der Waals surface area contributed by atoms with Crippen LogP contribution < -0.4 is 4.74 Å². The van der Waals surface area contributed by atoms with Crippen molar-refractivity contribution in [3.63, 3.8) is 0 Å². The zero-order valence-corrected chi connectivity index (χ0v) is 14.3. The molecule has 2 aromatic rings. The van der Waals surface area contributed by atoms with Crippen LogP contribution in [0.4, 0.5) is 0 Å². The van der Waals surface area contributed by atoms with Crippen LogP contribution in [0, 0.1) is 0 Å². The summed E-state index contributed by atoms with van der Waals surface area (Å²) in [6.07, 6.45) is 6.12. The first-order valence-electron chi connectivity index (χ1n) is 8.64. The van der Waals surface area contributed by atoms with Gasteiger partial charge in [0.05, 0.1) is 18.8 Å². The third kappa shape index (κ3) is 3.37. The second kappa shape index (κ2) is 6.48. The first-order chi connectivity index (χ1) is 12.1. The normalized spacial score (nSPS) is 26.1. The fraction of sp³-hybridized carbons (Fsp3) is 0.500. The van der Waals surface area contributed by atoms with E-state index in [4.69, 9.17) is 9.47 Å². The van der Waals surface area contributed by atoms with Crippen molar-refractivity contribution in [2.45, 2.75) is 31.0 Å². The molecule has 4 rings (SSSR count). The molecule has 132 valence electrons. The van der Waals surface area contributed by atoms with Crippen molar-refractivity contribution < 1.29 is 14.3 Å². The number of ether oxygens (including phenoxy) is 2. The van der Waals surface area contributed by atoms with E-state index in [0.29, 0.717) is 24.7 Å². The summed E-state index contributed by atoms with van der Waals surface area (Å²) < 4.78 is 13.7. The first-order valence-corrected chi connectivity index (χ1v) is 8.64. The second-order valence-electron chi connectivity index (χ2n) is 6.81. The third-order valence-corrected chi connectivity index (χ3v) is 4.86. The first kappa shape index (κ1) is 16.1. The Bertz CT molecular complexity index is 748. The van der Waals surface area contributed by atoms with Gasteiger partial charge in [-0.1, -0.05) is 6.07 Å². The van der Waals surface area contributed by atoms with Gasteiger partial charge in [0.25, 0.3) is 5.91 Å². The number of rotatable bonds is 3. The Morgan fingerprint density at radius 1 is 1.40 bits per heavy atom. The molecular formula is C18H22N4O3. The molecule has 2 fully saturated rings. The van der Waals surface area contributed by atoms with Crippen molar-refractivity contribution in [1.82, 2.24) is 19.7 Å². The molecule has 2 saturated heterocycles. The third-order valence-electron chi connectivity index (χ3n) is 4.86. The van der Waals surface area contributed by atoms with E-state index >= 15 is 0 Å². The van der Waals surface area contributed by atoms with Crippen LogP contribution in [0.2, 0.25) is 0 Å². The molecule has 7 heteroatoms. The van der Waals surface area contributed by atoms with Crippen LogP contribution in [0.3, 0.4) is 0 Å². The molecule has 4 heterocycles. The highest BCUT2D eigenvalue weighted by Crippen LogP contribution is 2.36. The smallest absolute Gasteiger partial charge is 0.274 e. The largest absolute Gasteiger partial charge is 0.472 e. The van der Waals surface area contributed by atoms with E-state index in [1.54, 1.807) is 23.1 Å². The van der Waals surface area contributed by atoms with Gasteiger partial charge in [-0.15, -0.1) is 0 Å². The fourth-order valence-corrected chi connectivity index (χ4v) is 3.71. The molecule has 25 heavy (non-hydrogen) atoms. The predicted molar refractivity (Wildman–Crippen MR) is 90.3 cm³/mol. The van der Waals surface area contributed by atoms with Crippen molar-refractivity contribution in [2.24, 2.45) is 7.05 Å². The van der Waals surface area contributed by atoms with E-state index in [1.807, 2.05) is 30.1 Å². The number of carbonyl (C=O) groups is 1. The molecule has 1 amide bonds. The number of nitrogens with zero attached hydrogens (tertiary/aromatic N) is 4. The number of hydrogen-bond acceptors (Lipinski definition) is 5. The average molecular weight is 342 g/mol. The minimum atomic E-state index is -0.317. The van der Waals surface area contributed by atoms with Gasteiger partial charge in [0.2, 0.25) is 5.88 Å². The molecule has 0 saturated carbocycles. The van der Waals surface area contributed by atoms with Crippen LogP contribution in [-0.4, -0.2) is 57.0 Å². The number of aryl methyl sites for hydroxylation is 1. The molecule has 7 nitrogen and oxygen atoms in total. The summed E-state index contributed by atoms with van der Waals surface area (Å²) in [6.45, 7) is 1.86. The maximum Gasteiger partial charge on any atom is 0.274 e. The van der Waals surface area contributed by atoms with Crippen molar-refractivity contribution in [1.29, 1.82) is 0 Å². The van der Waals surface area contributed by atoms with Gasteiger partial charge in [-0.3, -0.25) is 9.48 Å². The molecule has 2 aromatic heterocycles. The SMILES string of the molecule is Cn1ccc(C(=O)N2CCC[C@@]3(C[C@H](Oc4ccccn4)CO3)C2)n1. The Morgan fingerprint density at radius 3 is 3.08 bits per heavy atom. The van der Waals surface area contributed by atoms with Crippen LogP contribution in [-0.2, 0) is 11.8 Å². The minimum Gasteiger partial charge on any atom is -0.472 e. The Balaban J connectivity index is 1.41. The van der Waals surface area contributed by atoms with Gasteiger partial charge in [0, 0.05) is 38.5 Å². The fourth-order valence-electron chi connectivity index (χ4n) is 3.71. The zero-order chi connectivity index (χ0) is 17.3. The van der Waals surface area contributed by atoms with Gasteiger partial charge in [-0.2, -0.15) is 5.10 Å². The van der Waals surface area contributed by atoms with Crippen LogP contribution in [0.25, 0.3) is 0 Å². The summed E-state index contributed by atoms with van der Waals surface area (Å²) in [7, 11) is 1.81. The number of aromatic nitrogens is 3. The topological polar surface area (TPSA) is 69.5 Å². The standard InChI is InChI=1S/C18H22N4O3/c1-21-10-6-15(20-21)17(23)22-9-4-7-18(13-22)11-14(12-24-18)25-16-5-2-3-8-19-16/h2-3,5-6,8,10,14H,4,7,9,11-13H2,1H3/t14-,18+/m0/s1. The molecule has 1 spiro atoms. The molecule has 2 atom stereocenters. The monoisotopic (exact) mass is 342 g/mol. The lowest BCUT2D eigenvalue weighted by molar-refractivity contribution is -0.0454. The zero-order valence-electron chi connectivity index (χ0n) is 14.3. The molecule has 0 unspecified atom stereocenters. The Kier molecular flexibility index (Phi) is 4.17. The number of hydrogen-bond donors (Lipinski definition) is 0. The minimum absolute atomic E-state index is 0.0280. The van der Waals surface area contributed by atoms with Crippen LogP contribution in [0.15, 0.2) is 36.7 Å². The Morgan fingerprint density at radius 2 is 2.32 bits per heavy atom. The maximum atomic E-state index is 12.7. The molecule has 0 bridgehead atoms. The van der Waals surface area contributed by atoms with E-state index in [9.17, 15) is 4.79 Å². The highest BCUT2D eigenvalue weighted by atomic mass is 16.6. The quantitative estimate of drug-likeness (QED) is 0.848. The number of likely N-dealkylation sites (tertiary alicyclic amines) is 1. The Hall–Kier alpha value is -2.41. The summed E-state index contributed by atoms with van der Waals surface area (Å²) in [5.74, 6) is 0.586. The van der Waals surface area contributed by atoms with E-state index in [1.165, 1.54) is 0 Å². The van der Waals surface area contributed by atoms with E-state index < -0.39 is 0 Å². The molecule has 0 aliphatic carbocycles.